The van der Waals surface area contributed by atoms with Crippen molar-refractivity contribution in [1.82, 2.24) is 0 Å². The van der Waals surface area contributed by atoms with E-state index in [1.807, 2.05) is 12.1 Å². The molecule has 1 rings (SSSR count). The van der Waals surface area contributed by atoms with E-state index in [1.54, 1.807) is 0 Å². The Bertz CT molecular complexity index is 600. The lowest BCUT2D eigenvalue weighted by molar-refractivity contribution is 0.449. The Balaban J connectivity index is 3.21. The van der Waals surface area contributed by atoms with E-state index in [0.29, 0.717) is 11.3 Å². The maximum Gasteiger partial charge on any atom is 0.178 e. The van der Waals surface area contributed by atoms with Gasteiger partial charge in [0.05, 0.1) is 10.6 Å². The first-order valence-corrected chi connectivity index (χ1v) is 11.1. The number of hydrogen-bond donors (Lipinski definition) is 0. The van der Waals surface area contributed by atoms with Crippen LogP contribution in [0.1, 0.15) is 83.8 Å². The molecule has 1 aromatic carbocycles. The topological polar surface area (TPSA) is 34.1 Å². The first-order valence-electron chi connectivity index (χ1n) is 9.44. The van der Waals surface area contributed by atoms with Crippen LogP contribution in [0.25, 0.3) is 0 Å². The number of aryl methyl sites for hydroxylation is 1. The van der Waals surface area contributed by atoms with Crippen LogP contribution in [0.3, 0.4) is 0 Å². The number of unbranched alkanes of at least 4 members (excludes halogenated alkanes) is 3. The highest BCUT2D eigenvalue weighted by Gasteiger charge is 2.24. The SMILES string of the molecule is [CH2]CCS(=O)(=O)c1cc(C(C)(C)CCCCC)ccc1CCCC. The lowest BCUT2D eigenvalue weighted by Gasteiger charge is -2.26. The summed E-state index contributed by atoms with van der Waals surface area (Å²) in [6.07, 6.45) is 8.04. The minimum atomic E-state index is -3.24. The predicted octanol–water partition coefficient (Wildman–Crippen LogP) is 5.88. The molecule has 0 saturated carbocycles. The monoisotopic (exact) mass is 351 g/mol. The van der Waals surface area contributed by atoms with Gasteiger partial charge in [-0.2, -0.15) is 0 Å². The Morgan fingerprint density at radius 3 is 2.29 bits per heavy atom. The first-order chi connectivity index (χ1) is 11.3. The van der Waals surface area contributed by atoms with Crippen molar-refractivity contribution < 1.29 is 8.42 Å². The molecule has 0 atom stereocenters. The zero-order chi connectivity index (χ0) is 18.2. The number of rotatable bonds is 11. The summed E-state index contributed by atoms with van der Waals surface area (Å²) < 4.78 is 25.4. The molecule has 0 aliphatic carbocycles. The quantitative estimate of drug-likeness (QED) is 0.466. The minimum absolute atomic E-state index is 0.00713. The first kappa shape index (κ1) is 21.2. The van der Waals surface area contributed by atoms with E-state index < -0.39 is 9.84 Å². The highest BCUT2D eigenvalue weighted by Crippen LogP contribution is 2.32. The van der Waals surface area contributed by atoms with Crippen LogP contribution in [0.4, 0.5) is 0 Å². The van der Waals surface area contributed by atoms with Crippen LogP contribution in [0, 0.1) is 6.92 Å². The van der Waals surface area contributed by atoms with E-state index in [-0.39, 0.29) is 11.2 Å². The summed E-state index contributed by atoms with van der Waals surface area (Å²) in [5, 5.41) is 0. The van der Waals surface area contributed by atoms with Crippen molar-refractivity contribution in [3.63, 3.8) is 0 Å². The molecule has 0 unspecified atom stereocenters. The van der Waals surface area contributed by atoms with Gasteiger partial charge in [0.25, 0.3) is 0 Å². The second-order valence-corrected chi connectivity index (χ2v) is 9.52. The van der Waals surface area contributed by atoms with Crippen LogP contribution < -0.4 is 0 Å². The van der Waals surface area contributed by atoms with E-state index in [2.05, 4.69) is 40.7 Å². The summed E-state index contributed by atoms with van der Waals surface area (Å²) in [5.41, 5.74) is 2.12. The van der Waals surface area contributed by atoms with Gasteiger partial charge in [0.15, 0.2) is 9.84 Å². The molecule has 0 fully saturated rings. The molecule has 24 heavy (non-hydrogen) atoms. The molecular formula is C21H35O2S. The lowest BCUT2D eigenvalue weighted by atomic mass is 9.79. The zero-order valence-corrected chi connectivity index (χ0v) is 16.8. The summed E-state index contributed by atoms with van der Waals surface area (Å²) in [4.78, 5) is 0.542. The van der Waals surface area contributed by atoms with Crippen LogP contribution in [0.2, 0.25) is 0 Å². The van der Waals surface area contributed by atoms with E-state index in [9.17, 15) is 8.42 Å². The van der Waals surface area contributed by atoms with Gasteiger partial charge in [0, 0.05) is 0 Å². The van der Waals surface area contributed by atoms with Gasteiger partial charge in [-0.3, -0.25) is 0 Å². The highest BCUT2D eigenvalue weighted by molar-refractivity contribution is 7.91. The Morgan fingerprint density at radius 2 is 1.71 bits per heavy atom. The van der Waals surface area contributed by atoms with Gasteiger partial charge >= 0.3 is 0 Å². The maximum atomic E-state index is 12.7. The second-order valence-electron chi connectivity index (χ2n) is 7.44. The van der Waals surface area contributed by atoms with Gasteiger partial charge < -0.3 is 0 Å². The normalized spacial score (nSPS) is 12.5. The van der Waals surface area contributed by atoms with Gasteiger partial charge in [-0.1, -0.05) is 72.4 Å². The Hall–Kier alpha value is -0.830. The third-order valence-corrected chi connectivity index (χ3v) is 6.68. The third kappa shape index (κ3) is 5.91. The molecular weight excluding hydrogens is 316 g/mol. The summed E-state index contributed by atoms with van der Waals surface area (Å²) in [7, 11) is -3.24. The summed E-state index contributed by atoms with van der Waals surface area (Å²) in [5.74, 6) is 0.131. The molecule has 0 saturated heterocycles. The number of benzene rings is 1. The van der Waals surface area contributed by atoms with Crippen LogP contribution in [0.5, 0.6) is 0 Å². The van der Waals surface area contributed by atoms with Gasteiger partial charge in [-0.25, -0.2) is 8.42 Å². The Morgan fingerprint density at radius 1 is 1.04 bits per heavy atom. The number of sulfone groups is 1. The van der Waals surface area contributed by atoms with E-state index in [4.69, 9.17) is 0 Å². The molecule has 0 amide bonds. The molecule has 2 nitrogen and oxygen atoms in total. The third-order valence-electron chi connectivity index (χ3n) is 4.80. The average Bonchev–Trinajstić information content (AvgIpc) is 2.52. The number of hydrogen-bond acceptors (Lipinski definition) is 2. The molecule has 0 spiro atoms. The highest BCUT2D eigenvalue weighted by atomic mass is 32.2. The molecule has 0 aliphatic rings. The van der Waals surface area contributed by atoms with Crippen LogP contribution in [-0.2, 0) is 21.7 Å². The van der Waals surface area contributed by atoms with Crippen molar-refractivity contribution in [3.05, 3.63) is 36.2 Å². The minimum Gasteiger partial charge on any atom is -0.224 e. The molecule has 137 valence electrons. The average molecular weight is 352 g/mol. The Kier molecular flexibility index (Phi) is 8.49. The zero-order valence-electron chi connectivity index (χ0n) is 16.0. The molecule has 0 aromatic heterocycles. The lowest BCUT2D eigenvalue weighted by Crippen LogP contribution is -2.19. The summed E-state index contributed by atoms with van der Waals surface area (Å²) >= 11 is 0. The van der Waals surface area contributed by atoms with E-state index in [0.717, 1.165) is 36.8 Å². The second kappa shape index (κ2) is 9.60. The fourth-order valence-corrected chi connectivity index (χ4v) is 4.58. The molecule has 0 bridgehead atoms. The molecule has 3 heteroatoms. The molecule has 1 aromatic rings. The molecule has 0 N–H and O–H groups in total. The van der Waals surface area contributed by atoms with Gasteiger partial charge in [0.1, 0.15) is 0 Å². The smallest absolute Gasteiger partial charge is 0.178 e. The van der Waals surface area contributed by atoms with Gasteiger partial charge in [-0.15, -0.1) is 0 Å². The van der Waals surface area contributed by atoms with Crippen molar-refractivity contribution in [2.75, 3.05) is 5.75 Å². The van der Waals surface area contributed by atoms with Crippen molar-refractivity contribution in [3.8, 4) is 0 Å². The van der Waals surface area contributed by atoms with Crippen LogP contribution in [0.15, 0.2) is 23.1 Å². The largest absolute Gasteiger partial charge is 0.224 e. The van der Waals surface area contributed by atoms with Crippen molar-refractivity contribution >= 4 is 9.84 Å². The molecule has 0 heterocycles. The predicted molar refractivity (Wildman–Crippen MR) is 104 cm³/mol. The van der Waals surface area contributed by atoms with Gasteiger partial charge in [0.2, 0.25) is 0 Å². The molecule has 0 aliphatic heterocycles. The van der Waals surface area contributed by atoms with Crippen molar-refractivity contribution in [1.29, 1.82) is 0 Å². The van der Waals surface area contributed by atoms with Crippen molar-refractivity contribution in [2.24, 2.45) is 0 Å². The van der Waals surface area contributed by atoms with Crippen molar-refractivity contribution in [2.45, 2.75) is 89.4 Å². The van der Waals surface area contributed by atoms with Crippen LogP contribution >= 0.6 is 0 Å². The van der Waals surface area contributed by atoms with Crippen LogP contribution in [-0.4, -0.2) is 14.2 Å². The Labute approximate surface area is 150 Å². The fourth-order valence-electron chi connectivity index (χ4n) is 3.10. The maximum absolute atomic E-state index is 12.7. The summed E-state index contributed by atoms with van der Waals surface area (Å²) in [6.45, 7) is 12.5. The van der Waals surface area contributed by atoms with Gasteiger partial charge in [-0.05, 0) is 48.3 Å². The summed E-state index contributed by atoms with van der Waals surface area (Å²) in [6, 6.07) is 6.13. The standard InChI is InChI=1S/C21H35O2S/c1-6-9-11-15-21(4,5)19-14-13-18(12-10-7-2)20(17-19)24(22,23)16-8-3/h13-14,17H,3,6-12,15-16H2,1-2,4-5H3. The fraction of sp³-hybridized carbons (Fsp3) is 0.667. The van der Waals surface area contributed by atoms with E-state index >= 15 is 0 Å². The van der Waals surface area contributed by atoms with E-state index in [1.165, 1.54) is 19.3 Å². The molecule has 1 radical (unpaired) electrons.